The van der Waals surface area contributed by atoms with Crippen LogP contribution in [0.3, 0.4) is 0 Å². The minimum Gasteiger partial charge on any atom is -0.870 e. The van der Waals surface area contributed by atoms with Crippen LogP contribution in [0.2, 0.25) is 0 Å². The molecule has 0 unspecified atom stereocenters. The third-order valence-electron chi connectivity index (χ3n) is 3.90. The Kier molecular flexibility index (Phi) is 15.1. The standard InChI is InChI=1S/C11H12N4O2.C9H8N4O2.CH4.Li.2H2O/c1-3-17-11(16)9-6-8(2)14-15(9)10-7-12-4-5-13-10;1-6-4-7(9(14)15)13(12-6)8-5-10-2-3-11-8;;;;/h4-7H,3H2,1-2H3;2-5H,1H3,(H,14,15);1H4;;2*1H2/q;;;+1;;/p-1. The Hall–Kier alpha value is -3.96. The molecule has 0 atom stereocenters. The van der Waals surface area contributed by atoms with Gasteiger partial charge < -0.3 is 20.8 Å². The summed E-state index contributed by atoms with van der Waals surface area (Å²) in [5.41, 5.74) is 1.77. The smallest absolute Gasteiger partial charge is 0.870 e. The van der Waals surface area contributed by atoms with Crippen molar-refractivity contribution >= 4 is 11.9 Å². The molecule has 4 rings (SSSR count). The molecule has 0 spiro atoms. The van der Waals surface area contributed by atoms with Crippen molar-refractivity contribution in [1.82, 2.24) is 39.5 Å². The van der Waals surface area contributed by atoms with E-state index in [0.717, 1.165) is 5.69 Å². The molecule has 0 bridgehead atoms. The monoisotopic (exact) mass is 494 g/mol. The van der Waals surface area contributed by atoms with Crippen LogP contribution in [0.25, 0.3) is 11.6 Å². The van der Waals surface area contributed by atoms with E-state index in [2.05, 4.69) is 30.1 Å². The van der Waals surface area contributed by atoms with E-state index in [9.17, 15) is 9.59 Å². The summed E-state index contributed by atoms with van der Waals surface area (Å²) in [4.78, 5) is 38.5. The van der Waals surface area contributed by atoms with Crippen LogP contribution in [-0.4, -0.2) is 74.1 Å². The average molecular weight is 494 g/mol. The van der Waals surface area contributed by atoms with E-state index in [1.165, 1.54) is 40.2 Å². The number of hydrogen-bond acceptors (Lipinski definition) is 10. The van der Waals surface area contributed by atoms with Gasteiger partial charge in [-0.1, -0.05) is 7.43 Å². The van der Waals surface area contributed by atoms with Crippen LogP contribution in [0, 0.1) is 13.8 Å². The van der Waals surface area contributed by atoms with Gasteiger partial charge in [-0.25, -0.2) is 28.9 Å². The maximum Gasteiger partial charge on any atom is 1.00 e. The molecule has 14 nitrogen and oxygen atoms in total. The zero-order valence-electron chi connectivity index (χ0n) is 19.5. The zero-order valence-corrected chi connectivity index (χ0v) is 19.5. The van der Waals surface area contributed by atoms with Crippen LogP contribution < -0.4 is 18.9 Å². The van der Waals surface area contributed by atoms with Crippen molar-refractivity contribution in [3.8, 4) is 11.6 Å². The number of carboxylic acids is 1. The predicted molar refractivity (Wildman–Crippen MR) is 123 cm³/mol. The maximum absolute atomic E-state index is 11.7. The largest absolute Gasteiger partial charge is 1.00 e. The summed E-state index contributed by atoms with van der Waals surface area (Å²) >= 11 is 0. The van der Waals surface area contributed by atoms with Crippen molar-refractivity contribution < 1.29 is 49.2 Å². The number of aryl methyl sites for hydroxylation is 2. The summed E-state index contributed by atoms with van der Waals surface area (Å²) < 4.78 is 7.64. The summed E-state index contributed by atoms with van der Waals surface area (Å²) in [6.07, 6.45) is 9.09. The fourth-order valence-corrected chi connectivity index (χ4v) is 2.65. The number of hydrogen-bond donors (Lipinski definition) is 1. The van der Waals surface area contributed by atoms with Gasteiger partial charge in [0.15, 0.2) is 23.0 Å². The Morgan fingerprint density at radius 3 is 1.72 bits per heavy atom. The SMILES string of the molecule is C.CCOC(=O)c1cc(C)nn1-c1cnccn1.Cc1cc(C(=O)O)n(-c2cnccn2)n1.O.[Li+].[OH-]. The molecule has 0 aromatic carbocycles. The van der Waals surface area contributed by atoms with E-state index >= 15 is 0 Å². The van der Waals surface area contributed by atoms with Crippen molar-refractivity contribution in [2.75, 3.05) is 6.61 Å². The van der Waals surface area contributed by atoms with E-state index in [1.54, 1.807) is 39.2 Å². The molecule has 0 aliphatic carbocycles. The Balaban J connectivity index is 0. The summed E-state index contributed by atoms with van der Waals surface area (Å²) in [5.74, 6) is -0.577. The Morgan fingerprint density at radius 2 is 1.33 bits per heavy atom. The van der Waals surface area contributed by atoms with E-state index in [-0.39, 0.29) is 42.9 Å². The molecule has 36 heavy (non-hydrogen) atoms. The fraction of sp³-hybridized carbons (Fsp3) is 0.238. The van der Waals surface area contributed by atoms with E-state index in [1.807, 2.05) is 0 Å². The quantitative estimate of drug-likeness (QED) is 0.248. The third-order valence-corrected chi connectivity index (χ3v) is 3.90. The number of rotatable bonds is 5. The number of carbonyl (C=O) groups is 2. The molecule has 4 aromatic heterocycles. The van der Waals surface area contributed by atoms with Crippen molar-refractivity contribution in [3.05, 3.63) is 72.1 Å². The van der Waals surface area contributed by atoms with Gasteiger partial charge in [0.2, 0.25) is 0 Å². The maximum atomic E-state index is 11.7. The molecule has 0 saturated carbocycles. The summed E-state index contributed by atoms with van der Waals surface area (Å²) in [7, 11) is 0. The molecule has 0 amide bonds. The molecule has 0 aliphatic heterocycles. The molecule has 0 fully saturated rings. The van der Waals surface area contributed by atoms with Crippen LogP contribution in [0.5, 0.6) is 0 Å². The molecular formula is C21H27LiN8O6. The van der Waals surface area contributed by atoms with Crippen molar-refractivity contribution in [2.24, 2.45) is 0 Å². The second-order valence-electron chi connectivity index (χ2n) is 6.32. The molecule has 4 N–H and O–H groups in total. The first-order valence-electron chi connectivity index (χ1n) is 9.47. The molecule has 0 radical (unpaired) electrons. The number of carbonyl (C=O) groups excluding carboxylic acids is 1. The molecule has 4 aromatic rings. The van der Waals surface area contributed by atoms with Crippen LogP contribution in [0.15, 0.2) is 49.3 Å². The van der Waals surface area contributed by atoms with E-state index < -0.39 is 11.9 Å². The zero-order chi connectivity index (χ0) is 23.1. The van der Waals surface area contributed by atoms with Gasteiger partial charge in [-0.2, -0.15) is 10.2 Å². The van der Waals surface area contributed by atoms with Crippen LogP contribution >= 0.6 is 0 Å². The number of ether oxygens (including phenoxy) is 1. The topological polar surface area (TPSA) is 212 Å². The Labute approximate surface area is 219 Å². The van der Waals surface area contributed by atoms with Gasteiger partial charge in [-0.15, -0.1) is 0 Å². The minimum absolute atomic E-state index is 0. The molecular weight excluding hydrogens is 467 g/mol. The Bertz CT molecular complexity index is 1220. The minimum atomic E-state index is -1.04. The second-order valence-corrected chi connectivity index (χ2v) is 6.32. The van der Waals surface area contributed by atoms with Crippen molar-refractivity contribution in [2.45, 2.75) is 28.2 Å². The summed E-state index contributed by atoms with van der Waals surface area (Å²) in [6.45, 7) is 5.60. The Morgan fingerprint density at radius 1 is 0.889 bits per heavy atom. The van der Waals surface area contributed by atoms with Gasteiger partial charge in [0, 0.05) is 24.8 Å². The normalized spacial score (nSPS) is 9.08. The third kappa shape index (κ3) is 8.36. The van der Waals surface area contributed by atoms with Crippen LogP contribution in [0.4, 0.5) is 0 Å². The van der Waals surface area contributed by atoms with Gasteiger partial charge in [0.25, 0.3) is 0 Å². The van der Waals surface area contributed by atoms with Gasteiger partial charge in [0.05, 0.1) is 30.4 Å². The van der Waals surface area contributed by atoms with Crippen molar-refractivity contribution in [1.29, 1.82) is 0 Å². The number of aromatic carboxylic acids is 1. The van der Waals surface area contributed by atoms with Crippen LogP contribution in [0.1, 0.15) is 46.7 Å². The molecule has 4 heterocycles. The molecule has 0 aliphatic rings. The van der Waals surface area contributed by atoms with E-state index in [0.29, 0.717) is 29.6 Å². The van der Waals surface area contributed by atoms with Crippen molar-refractivity contribution in [3.63, 3.8) is 0 Å². The average Bonchev–Trinajstić information content (AvgIpc) is 3.39. The molecule has 188 valence electrons. The first-order valence-corrected chi connectivity index (χ1v) is 9.47. The van der Waals surface area contributed by atoms with Gasteiger partial charge >= 0.3 is 30.8 Å². The van der Waals surface area contributed by atoms with E-state index in [4.69, 9.17) is 9.84 Å². The van der Waals surface area contributed by atoms with Crippen LogP contribution in [-0.2, 0) is 4.74 Å². The van der Waals surface area contributed by atoms with Gasteiger partial charge in [-0.05, 0) is 32.9 Å². The number of nitrogens with zero attached hydrogens (tertiary/aromatic N) is 8. The summed E-state index contributed by atoms with van der Waals surface area (Å²) in [6, 6.07) is 3.14. The molecule has 15 heteroatoms. The fourth-order valence-electron chi connectivity index (χ4n) is 2.65. The summed E-state index contributed by atoms with van der Waals surface area (Å²) in [5, 5.41) is 17.2. The number of esters is 1. The van der Waals surface area contributed by atoms with Gasteiger partial charge in [-0.3, -0.25) is 9.97 Å². The molecule has 0 saturated heterocycles. The second kappa shape index (κ2) is 15.8. The first-order chi connectivity index (χ1) is 15.4. The van der Waals surface area contributed by atoms with Gasteiger partial charge in [0.1, 0.15) is 0 Å². The first kappa shape index (κ1) is 34.2. The number of carboxylic acid groups (broad SMARTS) is 1. The predicted octanol–water partition coefficient (Wildman–Crippen LogP) is -1.55. The number of aromatic nitrogens is 8.